The van der Waals surface area contributed by atoms with Crippen molar-refractivity contribution in [2.45, 2.75) is 25.5 Å². The Morgan fingerprint density at radius 1 is 1.00 bits per heavy atom. The summed E-state index contributed by atoms with van der Waals surface area (Å²) in [6, 6.07) is 15.7. The molecule has 2 rings (SSSR count). The van der Waals surface area contributed by atoms with Crippen molar-refractivity contribution < 1.29 is 9.50 Å². The van der Waals surface area contributed by atoms with Gasteiger partial charge in [0.15, 0.2) is 0 Å². The first-order chi connectivity index (χ1) is 9.52. The third kappa shape index (κ3) is 3.24. The lowest BCUT2D eigenvalue weighted by Crippen LogP contribution is -2.41. The maximum atomic E-state index is 13.1. The Balaban J connectivity index is 2.40. The first-order valence-corrected chi connectivity index (χ1v) is 6.80. The lowest BCUT2D eigenvalue weighted by molar-refractivity contribution is 0.0777. The number of halogens is 1. The second kappa shape index (κ2) is 6.16. The molecule has 2 nitrogen and oxygen atoms in total. The fourth-order valence-corrected chi connectivity index (χ4v) is 2.16. The van der Waals surface area contributed by atoms with Crippen molar-refractivity contribution in [3.05, 3.63) is 71.5 Å². The van der Waals surface area contributed by atoms with Crippen molar-refractivity contribution in [1.82, 2.24) is 5.32 Å². The zero-order valence-corrected chi connectivity index (χ0v) is 11.8. The number of rotatable bonds is 5. The van der Waals surface area contributed by atoms with Crippen LogP contribution < -0.4 is 5.32 Å². The highest BCUT2D eigenvalue weighted by Crippen LogP contribution is 2.29. The van der Waals surface area contributed by atoms with Gasteiger partial charge in [0.05, 0.1) is 0 Å². The van der Waals surface area contributed by atoms with Crippen molar-refractivity contribution in [2.75, 3.05) is 6.54 Å². The second-order valence-electron chi connectivity index (χ2n) is 5.27. The molecular formula is C17H20FNO. The summed E-state index contributed by atoms with van der Waals surface area (Å²) in [7, 11) is 0. The maximum Gasteiger partial charge on any atom is 0.127 e. The van der Waals surface area contributed by atoms with Gasteiger partial charge in [-0.1, -0.05) is 56.3 Å². The Labute approximate surface area is 119 Å². The highest BCUT2D eigenvalue weighted by molar-refractivity contribution is 5.36. The van der Waals surface area contributed by atoms with E-state index in [2.05, 4.69) is 5.32 Å². The van der Waals surface area contributed by atoms with Gasteiger partial charge in [0, 0.05) is 12.6 Å². The van der Waals surface area contributed by atoms with Crippen LogP contribution in [0, 0.1) is 5.82 Å². The summed E-state index contributed by atoms with van der Waals surface area (Å²) in [5.74, 6) is -0.305. The van der Waals surface area contributed by atoms with Crippen LogP contribution in [-0.2, 0) is 5.60 Å². The summed E-state index contributed by atoms with van der Waals surface area (Å²) >= 11 is 0. The number of hydrogen-bond donors (Lipinski definition) is 2. The monoisotopic (exact) mass is 273 g/mol. The summed E-state index contributed by atoms with van der Waals surface area (Å²) in [4.78, 5) is 0. The van der Waals surface area contributed by atoms with Crippen LogP contribution in [0.5, 0.6) is 0 Å². The van der Waals surface area contributed by atoms with E-state index < -0.39 is 5.60 Å². The van der Waals surface area contributed by atoms with E-state index in [1.807, 2.05) is 44.2 Å². The standard InChI is InChI=1S/C17H20FNO/c1-13(2)19-12-17(20,14-6-4-3-5-7-14)15-8-10-16(18)11-9-15/h3-11,13,19-20H,12H2,1-2H3/t17-/m0/s1. The molecule has 106 valence electrons. The molecule has 0 bridgehead atoms. The summed E-state index contributed by atoms with van der Waals surface area (Å²) in [5, 5.41) is 14.4. The van der Waals surface area contributed by atoms with Crippen LogP contribution in [0.15, 0.2) is 54.6 Å². The molecule has 1 atom stereocenters. The van der Waals surface area contributed by atoms with Gasteiger partial charge in [0.25, 0.3) is 0 Å². The van der Waals surface area contributed by atoms with Gasteiger partial charge in [-0.2, -0.15) is 0 Å². The summed E-state index contributed by atoms with van der Waals surface area (Å²) < 4.78 is 13.1. The minimum absolute atomic E-state index is 0.255. The zero-order chi connectivity index (χ0) is 14.6. The number of benzene rings is 2. The van der Waals surface area contributed by atoms with Crippen LogP contribution in [0.4, 0.5) is 4.39 Å². The van der Waals surface area contributed by atoms with E-state index in [1.165, 1.54) is 12.1 Å². The highest BCUT2D eigenvalue weighted by Gasteiger charge is 2.31. The van der Waals surface area contributed by atoms with Gasteiger partial charge in [-0.15, -0.1) is 0 Å². The van der Waals surface area contributed by atoms with Gasteiger partial charge < -0.3 is 10.4 Å². The first-order valence-electron chi connectivity index (χ1n) is 6.80. The van der Waals surface area contributed by atoms with E-state index in [9.17, 15) is 9.50 Å². The molecule has 0 amide bonds. The Morgan fingerprint density at radius 2 is 1.55 bits per heavy atom. The predicted molar refractivity (Wildman–Crippen MR) is 79.0 cm³/mol. The summed E-state index contributed by atoms with van der Waals surface area (Å²) in [5.41, 5.74) is 0.303. The van der Waals surface area contributed by atoms with Crippen LogP contribution in [0.3, 0.4) is 0 Å². The SMILES string of the molecule is CC(C)NC[C@](O)(c1ccccc1)c1ccc(F)cc1. The molecule has 3 heteroatoms. The fraction of sp³-hybridized carbons (Fsp3) is 0.294. The normalized spacial score (nSPS) is 14.2. The third-order valence-corrected chi connectivity index (χ3v) is 3.34. The number of aliphatic hydroxyl groups is 1. The van der Waals surface area contributed by atoms with Gasteiger partial charge in [-0.3, -0.25) is 0 Å². The minimum atomic E-state index is -1.17. The molecule has 0 aliphatic heterocycles. The van der Waals surface area contributed by atoms with Crippen molar-refractivity contribution in [3.8, 4) is 0 Å². The van der Waals surface area contributed by atoms with Gasteiger partial charge in [-0.05, 0) is 23.3 Å². The van der Waals surface area contributed by atoms with Gasteiger partial charge in [0.1, 0.15) is 11.4 Å². The van der Waals surface area contributed by atoms with Gasteiger partial charge >= 0.3 is 0 Å². The van der Waals surface area contributed by atoms with E-state index in [1.54, 1.807) is 12.1 Å². The van der Waals surface area contributed by atoms with Crippen LogP contribution in [0.1, 0.15) is 25.0 Å². The highest BCUT2D eigenvalue weighted by atomic mass is 19.1. The molecule has 0 saturated carbocycles. The third-order valence-electron chi connectivity index (χ3n) is 3.34. The van der Waals surface area contributed by atoms with Crippen molar-refractivity contribution in [1.29, 1.82) is 0 Å². The summed E-state index contributed by atoms with van der Waals surface area (Å²) in [6.45, 7) is 4.42. The topological polar surface area (TPSA) is 32.3 Å². The molecule has 0 heterocycles. The number of hydrogen-bond acceptors (Lipinski definition) is 2. The quantitative estimate of drug-likeness (QED) is 0.877. The van der Waals surface area contributed by atoms with Crippen LogP contribution >= 0.6 is 0 Å². The van der Waals surface area contributed by atoms with E-state index >= 15 is 0 Å². The molecule has 0 unspecified atom stereocenters. The predicted octanol–water partition coefficient (Wildman–Crippen LogP) is 3.06. The largest absolute Gasteiger partial charge is 0.379 e. The smallest absolute Gasteiger partial charge is 0.127 e. The average molecular weight is 273 g/mol. The number of nitrogens with one attached hydrogen (secondary N) is 1. The molecular weight excluding hydrogens is 253 g/mol. The first kappa shape index (κ1) is 14.7. The average Bonchev–Trinajstić information content (AvgIpc) is 2.46. The van der Waals surface area contributed by atoms with E-state index in [0.717, 1.165) is 5.56 Å². The van der Waals surface area contributed by atoms with Crippen molar-refractivity contribution >= 4 is 0 Å². The fourth-order valence-electron chi connectivity index (χ4n) is 2.16. The Morgan fingerprint density at radius 3 is 2.10 bits per heavy atom. The Hall–Kier alpha value is -1.71. The maximum absolute atomic E-state index is 13.1. The van der Waals surface area contributed by atoms with E-state index in [-0.39, 0.29) is 11.9 Å². The summed E-state index contributed by atoms with van der Waals surface area (Å²) in [6.07, 6.45) is 0. The molecule has 20 heavy (non-hydrogen) atoms. The van der Waals surface area contributed by atoms with Crippen LogP contribution in [-0.4, -0.2) is 17.7 Å². The molecule has 2 N–H and O–H groups in total. The molecule has 0 aromatic heterocycles. The van der Waals surface area contributed by atoms with Crippen molar-refractivity contribution in [2.24, 2.45) is 0 Å². The van der Waals surface area contributed by atoms with Crippen LogP contribution in [0.2, 0.25) is 0 Å². The second-order valence-corrected chi connectivity index (χ2v) is 5.27. The molecule has 0 spiro atoms. The Bertz CT molecular complexity index is 539. The van der Waals surface area contributed by atoms with E-state index in [0.29, 0.717) is 12.1 Å². The van der Waals surface area contributed by atoms with Crippen LogP contribution in [0.25, 0.3) is 0 Å². The lowest BCUT2D eigenvalue weighted by atomic mass is 9.86. The minimum Gasteiger partial charge on any atom is -0.379 e. The van der Waals surface area contributed by atoms with Gasteiger partial charge in [0.2, 0.25) is 0 Å². The lowest BCUT2D eigenvalue weighted by Gasteiger charge is -2.30. The zero-order valence-electron chi connectivity index (χ0n) is 11.8. The molecule has 0 aliphatic carbocycles. The Kier molecular flexibility index (Phi) is 4.53. The molecule has 0 aliphatic rings. The molecule has 0 saturated heterocycles. The van der Waals surface area contributed by atoms with E-state index in [4.69, 9.17) is 0 Å². The molecule has 0 radical (unpaired) electrons. The molecule has 2 aromatic carbocycles. The van der Waals surface area contributed by atoms with Gasteiger partial charge in [-0.25, -0.2) is 4.39 Å². The van der Waals surface area contributed by atoms with Crippen molar-refractivity contribution in [3.63, 3.8) is 0 Å². The molecule has 2 aromatic rings. The molecule has 0 fully saturated rings.